The number of ether oxygens (including phenoxy) is 1. The van der Waals surface area contributed by atoms with E-state index in [1.165, 1.54) is 23.5 Å². The minimum Gasteiger partial charge on any atom is -0.484 e. The Balaban J connectivity index is 1.29. The van der Waals surface area contributed by atoms with Crippen LogP contribution in [0.15, 0.2) is 53.0 Å². The Bertz CT molecular complexity index is 785. The molecule has 1 amide bonds. The van der Waals surface area contributed by atoms with Crippen LogP contribution in [-0.4, -0.2) is 24.0 Å². The van der Waals surface area contributed by atoms with Crippen molar-refractivity contribution in [3.05, 3.63) is 64.1 Å². The molecule has 6 heteroatoms. The van der Waals surface area contributed by atoms with Gasteiger partial charge in [0.2, 0.25) is 0 Å². The Hall–Kier alpha value is -1.11. The third kappa shape index (κ3) is 4.84. The van der Waals surface area contributed by atoms with E-state index in [1.807, 2.05) is 47.8 Å². The zero-order valence-corrected chi connectivity index (χ0v) is 18.2. The molecular weight excluding hydrogens is 442 g/mol. The van der Waals surface area contributed by atoms with E-state index in [0.29, 0.717) is 4.58 Å². The number of thioether (sulfide) groups is 2. The molecule has 0 spiro atoms. The largest absolute Gasteiger partial charge is 0.484 e. The van der Waals surface area contributed by atoms with Gasteiger partial charge in [-0.2, -0.15) is 0 Å². The zero-order chi connectivity index (χ0) is 18.7. The molecule has 142 valence electrons. The van der Waals surface area contributed by atoms with Gasteiger partial charge in [0.25, 0.3) is 5.91 Å². The number of hydrogen-bond acceptors (Lipinski definition) is 4. The first kappa shape index (κ1) is 19.2. The van der Waals surface area contributed by atoms with Crippen LogP contribution >= 0.6 is 39.5 Å². The first-order chi connectivity index (χ1) is 13.1. The Morgan fingerprint density at radius 2 is 1.74 bits per heavy atom. The topological polar surface area (TPSA) is 38.3 Å². The number of benzene rings is 2. The third-order valence-corrected chi connectivity index (χ3v) is 8.42. The van der Waals surface area contributed by atoms with Gasteiger partial charge in [0.1, 0.15) is 5.75 Å². The van der Waals surface area contributed by atoms with Crippen molar-refractivity contribution in [2.24, 2.45) is 0 Å². The van der Waals surface area contributed by atoms with Gasteiger partial charge >= 0.3 is 0 Å². The minimum atomic E-state index is -0.208. The monoisotopic (exact) mass is 463 g/mol. The van der Waals surface area contributed by atoms with Crippen molar-refractivity contribution < 1.29 is 9.53 Å². The summed E-state index contributed by atoms with van der Waals surface area (Å²) < 4.78 is 7.28. The Morgan fingerprint density at radius 1 is 1.07 bits per heavy atom. The maximum absolute atomic E-state index is 12.4. The van der Waals surface area contributed by atoms with Crippen LogP contribution < -0.4 is 10.1 Å². The molecule has 1 N–H and O–H groups in total. The third-order valence-electron chi connectivity index (χ3n) is 4.87. The minimum absolute atomic E-state index is 0.0462. The molecule has 2 aromatic rings. The summed E-state index contributed by atoms with van der Waals surface area (Å²) in [4.78, 5) is 12.4. The van der Waals surface area contributed by atoms with Gasteiger partial charge in [-0.25, -0.2) is 0 Å². The molecule has 0 unspecified atom stereocenters. The second-order valence-electron chi connectivity index (χ2n) is 6.92. The molecule has 1 heterocycles. The SMILES string of the molecule is O=C(COc1ccc(C2SCCCS2)cc1)NC1(c2ccc(Br)cc2)CC1. The van der Waals surface area contributed by atoms with Crippen molar-refractivity contribution in [2.45, 2.75) is 29.4 Å². The highest BCUT2D eigenvalue weighted by molar-refractivity contribution is 9.10. The van der Waals surface area contributed by atoms with Crippen LogP contribution in [0.3, 0.4) is 0 Å². The van der Waals surface area contributed by atoms with Gasteiger partial charge in [-0.3, -0.25) is 4.79 Å². The number of carbonyl (C=O) groups excluding carboxylic acids is 1. The fraction of sp³-hybridized carbons (Fsp3) is 0.381. The van der Waals surface area contributed by atoms with Gasteiger partial charge in [-0.15, -0.1) is 23.5 Å². The highest BCUT2D eigenvalue weighted by Gasteiger charge is 2.45. The van der Waals surface area contributed by atoms with Crippen LogP contribution in [0, 0.1) is 0 Å². The number of carbonyl (C=O) groups is 1. The maximum Gasteiger partial charge on any atom is 0.258 e. The summed E-state index contributed by atoms with van der Waals surface area (Å²) in [6.45, 7) is 0.0462. The van der Waals surface area contributed by atoms with E-state index in [0.717, 1.165) is 28.6 Å². The zero-order valence-electron chi connectivity index (χ0n) is 14.9. The van der Waals surface area contributed by atoms with Gasteiger partial charge in [0.05, 0.1) is 10.1 Å². The normalized spacial score (nSPS) is 18.7. The summed E-state index contributed by atoms with van der Waals surface area (Å²) in [7, 11) is 0. The summed E-state index contributed by atoms with van der Waals surface area (Å²) in [5, 5.41) is 3.15. The van der Waals surface area contributed by atoms with E-state index in [4.69, 9.17) is 4.74 Å². The Kier molecular flexibility index (Phi) is 6.05. The van der Waals surface area contributed by atoms with Crippen molar-refractivity contribution in [1.82, 2.24) is 5.32 Å². The van der Waals surface area contributed by atoms with Crippen molar-refractivity contribution in [3.63, 3.8) is 0 Å². The summed E-state index contributed by atoms with van der Waals surface area (Å²) in [5.74, 6) is 3.14. The van der Waals surface area contributed by atoms with Crippen LogP contribution in [-0.2, 0) is 10.3 Å². The highest BCUT2D eigenvalue weighted by atomic mass is 79.9. The van der Waals surface area contributed by atoms with E-state index >= 15 is 0 Å². The summed E-state index contributed by atoms with van der Waals surface area (Å²) in [5.41, 5.74) is 2.28. The second kappa shape index (κ2) is 8.50. The van der Waals surface area contributed by atoms with Crippen LogP contribution in [0.2, 0.25) is 0 Å². The molecular formula is C21H22BrNO2S2. The van der Waals surface area contributed by atoms with E-state index < -0.39 is 0 Å². The molecule has 1 aliphatic carbocycles. The van der Waals surface area contributed by atoms with Crippen LogP contribution in [0.25, 0.3) is 0 Å². The molecule has 0 aromatic heterocycles. The molecule has 3 nitrogen and oxygen atoms in total. The number of amides is 1. The van der Waals surface area contributed by atoms with Crippen molar-refractivity contribution in [3.8, 4) is 5.75 Å². The quantitative estimate of drug-likeness (QED) is 0.613. The van der Waals surface area contributed by atoms with Crippen molar-refractivity contribution in [1.29, 1.82) is 0 Å². The average Bonchev–Trinajstić information content (AvgIpc) is 3.48. The molecule has 0 atom stereocenters. The number of nitrogens with one attached hydrogen (secondary N) is 1. The molecule has 0 radical (unpaired) electrons. The fourth-order valence-corrected chi connectivity index (χ4v) is 6.39. The number of hydrogen-bond donors (Lipinski definition) is 1. The molecule has 1 saturated heterocycles. The molecule has 1 aliphatic heterocycles. The lowest BCUT2D eigenvalue weighted by molar-refractivity contribution is -0.124. The smallest absolute Gasteiger partial charge is 0.258 e. The lowest BCUT2D eigenvalue weighted by Gasteiger charge is -2.21. The van der Waals surface area contributed by atoms with Gasteiger partial charge in [0.15, 0.2) is 6.61 Å². The predicted octanol–water partition coefficient (Wildman–Crippen LogP) is 5.50. The van der Waals surface area contributed by atoms with Gasteiger partial charge in [-0.05, 0) is 66.2 Å². The molecule has 2 aromatic carbocycles. The van der Waals surface area contributed by atoms with Gasteiger partial charge in [0, 0.05) is 4.47 Å². The predicted molar refractivity (Wildman–Crippen MR) is 117 cm³/mol. The summed E-state index contributed by atoms with van der Waals surface area (Å²) in [6, 6.07) is 16.3. The van der Waals surface area contributed by atoms with Gasteiger partial charge < -0.3 is 10.1 Å². The Morgan fingerprint density at radius 3 is 2.37 bits per heavy atom. The maximum atomic E-state index is 12.4. The first-order valence-corrected chi connectivity index (χ1v) is 12.1. The summed E-state index contributed by atoms with van der Waals surface area (Å²) in [6.07, 6.45) is 3.25. The van der Waals surface area contributed by atoms with Crippen LogP contribution in [0.4, 0.5) is 0 Å². The van der Waals surface area contributed by atoms with Gasteiger partial charge in [-0.1, -0.05) is 40.2 Å². The van der Waals surface area contributed by atoms with Crippen LogP contribution in [0.5, 0.6) is 5.75 Å². The molecule has 1 saturated carbocycles. The Labute approximate surface area is 177 Å². The van der Waals surface area contributed by atoms with Crippen molar-refractivity contribution in [2.75, 3.05) is 18.1 Å². The van der Waals surface area contributed by atoms with E-state index in [9.17, 15) is 4.79 Å². The van der Waals surface area contributed by atoms with E-state index in [2.05, 4.69) is 45.5 Å². The highest BCUT2D eigenvalue weighted by Crippen LogP contribution is 2.46. The average molecular weight is 464 g/mol. The lowest BCUT2D eigenvalue weighted by Crippen LogP contribution is -2.38. The number of rotatable bonds is 6. The summed E-state index contributed by atoms with van der Waals surface area (Å²) >= 11 is 7.47. The molecule has 2 fully saturated rings. The molecule has 0 bridgehead atoms. The molecule has 27 heavy (non-hydrogen) atoms. The van der Waals surface area contributed by atoms with Crippen LogP contribution in [0.1, 0.15) is 35.0 Å². The first-order valence-electron chi connectivity index (χ1n) is 9.18. The molecule has 2 aliphatic rings. The lowest BCUT2D eigenvalue weighted by atomic mass is 10.1. The van der Waals surface area contributed by atoms with Crippen molar-refractivity contribution >= 4 is 45.4 Å². The fourth-order valence-electron chi connectivity index (χ4n) is 3.23. The van der Waals surface area contributed by atoms with E-state index in [-0.39, 0.29) is 18.1 Å². The number of halogens is 1. The second-order valence-corrected chi connectivity index (χ2v) is 10.6. The molecule has 4 rings (SSSR count). The standard InChI is InChI=1S/C21H22BrNO2S2/c22-17-6-4-16(5-7-17)21(10-11-21)23-19(24)14-25-18-8-2-15(3-9-18)20-26-12-1-13-27-20/h2-9,20H,1,10-14H2,(H,23,24). The van der Waals surface area contributed by atoms with E-state index in [1.54, 1.807) is 0 Å².